The summed E-state index contributed by atoms with van der Waals surface area (Å²) in [6.07, 6.45) is 7.86. The van der Waals surface area contributed by atoms with Crippen LogP contribution in [0.3, 0.4) is 0 Å². The molecule has 392 valence electrons. The minimum atomic E-state index is -0.832. The van der Waals surface area contributed by atoms with Gasteiger partial charge in [-0.2, -0.15) is 4.39 Å². The van der Waals surface area contributed by atoms with Crippen LogP contribution in [-0.4, -0.2) is 103 Å². The minimum Gasteiger partial charge on any atom is -0.477 e. The van der Waals surface area contributed by atoms with Gasteiger partial charge in [-0.25, -0.2) is 0 Å². The predicted octanol–water partition coefficient (Wildman–Crippen LogP) is 9.93. The lowest BCUT2D eigenvalue weighted by Gasteiger charge is -2.41. The fourth-order valence-electron chi connectivity index (χ4n) is 10.7. The third kappa shape index (κ3) is 13.5. The van der Waals surface area contributed by atoms with Gasteiger partial charge in [0.05, 0.1) is 24.2 Å². The summed E-state index contributed by atoms with van der Waals surface area (Å²) >= 11 is 13.4. The predicted molar refractivity (Wildman–Crippen MR) is 290 cm³/mol. The number of amides is 2. The summed E-state index contributed by atoms with van der Waals surface area (Å²) in [6, 6.07) is 19.9. The van der Waals surface area contributed by atoms with E-state index in [1.54, 1.807) is 31.2 Å². The Morgan fingerprint density at radius 3 is 1.64 bits per heavy atom. The molecule has 3 aromatic carbocycles. The first-order valence-corrected chi connectivity index (χ1v) is 26.3. The highest BCUT2D eigenvalue weighted by Crippen LogP contribution is 2.36. The third-order valence-corrected chi connectivity index (χ3v) is 15.3. The SMILES string of the molecule is CCN(c1cc(Cl)cc(C(=O)NCc2c(OCCN(C)C3CCC(N(CC)c4cc(Cl)cc(C(=O)NCc5c(Oc6ccccc6)[nH]c(C)cc5=O)c4C)CC3)[nH]c(F)cc2=O)c1C)C1CCC(N(C)C)CC1. The average Bonchev–Trinajstić information content (AvgIpc) is 3.36. The van der Waals surface area contributed by atoms with Gasteiger partial charge in [0.15, 0.2) is 16.8 Å². The third-order valence-electron chi connectivity index (χ3n) is 14.8. The number of nitrogens with one attached hydrogen (secondary N) is 4. The molecule has 4 N–H and O–H groups in total. The first kappa shape index (κ1) is 54.9. The second-order valence-corrected chi connectivity index (χ2v) is 20.6. The summed E-state index contributed by atoms with van der Waals surface area (Å²) < 4.78 is 26.8. The van der Waals surface area contributed by atoms with Crippen molar-refractivity contribution in [3.63, 3.8) is 0 Å². The van der Waals surface area contributed by atoms with E-state index in [-0.39, 0.29) is 60.4 Å². The number of rotatable bonds is 20. The first-order valence-electron chi connectivity index (χ1n) is 25.5. The van der Waals surface area contributed by atoms with E-state index in [2.05, 4.69) is 68.1 Å². The molecule has 0 bridgehead atoms. The number of hydrogen-bond donors (Lipinski definition) is 4. The van der Waals surface area contributed by atoms with Crippen molar-refractivity contribution in [3.05, 3.63) is 142 Å². The molecule has 73 heavy (non-hydrogen) atoms. The number of para-hydroxylation sites is 1. The second kappa shape index (κ2) is 24.9. The summed E-state index contributed by atoms with van der Waals surface area (Å²) in [5.41, 5.74) is 4.44. The summed E-state index contributed by atoms with van der Waals surface area (Å²) in [5.74, 6) is -0.781. The highest BCUT2D eigenvalue weighted by Gasteiger charge is 2.31. The molecule has 2 aliphatic rings. The molecule has 0 atom stereocenters. The number of aromatic nitrogens is 2. The van der Waals surface area contributed by atoms with E-state index in [9.17, 15) is 23.6 Å². The maximum Gasteiger partial charge on any atom is 0.251 e. The fraction of sp³-hybridized carbons (Fsp3) is 0.464. The Balaban J connectivity index is 0.938. The Morgan fingerprint density at radius 2 is 1.14 bits per heavy atom. The number of hydrogen-bond acceptors (Lipinski definition) is 10. The summed E-state index contributed by atoms with van der Waals surface area (Å²) in [6.45, 7) is 11.7. The monoisotopic (exact) mass is 1040 g/mol. The normalized spacial score (nSPS) is 17.9. The molecule has 14 nitrogen and oxygen atoms in total. The number of anilines is 2. The average molecular weight is 1040 g/mol. The van der Waals surface area contributed by atoms with Crippen molar-refractivity contribution in [2.24, 2.45) is 0 Å². The Hall–Kier alpha value is -5.87. The van der Waals surface area contributed by atoms with Gasteiger partial charge in [0.2, 0.25) is 11.8 Å². The van der Waals surface area contributed by atoms with Crippen LogP contribution in [0.25, 0.3) is 0 Å². The van der Waals surface area contributed by atoms with Gasteiger partial charge in [0.1, 0.15) is 12.4 Å². The lowest BCUT2D eigenvalue weighted by atomic mass is 9.88. The molecule has 2 aliphatic carbocycles. The van der Waals surface area contributed by atoms with Crippen LogP contribution >= 0.6 is 23.2 Å². The molecule has 2 aromatic heterocycles. The zero-order valence-electron chi connectivity index (χ0n) is 43.4. The molecule has 17 heteroatoms. The number of H-pyrrole nitrogens is 2. The van der Waals surface area contributed by atoms with Crippen LogP contribution in [-0.2, 0) is 13.1 Å². The molecule has 0 saturated heterocycles. The smallest absolute Gasteiger partial charge is 0.251 e. The minimum absolute atomic E-state index is 0.0226. The van der Waals surface area contributed by atoms with Crippen LogP contribution < -0.4 is 40.8 Å². The number of halogens is 3. The summed E-state index contributed by atoms with van der Waals surface area (Å²) in [4.78, 5) is 68.9. The number of carbonyl (C=O) groups excluding carboxylic acids is 2. The maximum absolute atomic E-state index is 14.7. The quantitative estimate of drug-likeness (QED) is 0.0554. The largest absolute Gasteiger partial charge is 0.477 e. The molecule has 2 heterocycles. The van der Waals surface area contributed by atoms with Crippen molar-refractivity contribution in [3.8, 4) is 17.5 Å². The highest BCUT2D eigenvalue weighted by molar-refractivity contribution is 6.31. The lowest BCUT2D eigenvalue weighted by Crippen LogP contribution is -2.44. The highest BCUT2D eigenvalue weighted by atomic mass is 35.5. The van der Waals surface area contributed by atoms with Gasteiger partial charge in [-0.15, -0.1) is 0 Å². The van der Waals surface area contributed by atoms with Gasteiger partial charge < -0.3 is 49.7 Å². The van der Waals surface area contributed by atoms with E-state index >= 15 is 0 Å². The van der Waals surface area contributed by atoms with E-state index in [1.165, 1.54) is 6.07 Å². The molecule has 5 aromatic rings. The molecule has 2 amide bonds. The number of likely N-dealkylation sites (N-methyl/N-ethyl adjacent to an activating group) is 1. The Kier molecular flexibility index (Phi) is 18.7. The lowest BCUT2D eigenvalue weighted by molar-refractivity contribution is 0.0941. The topological polar surface area (TPSA) is 155 Å². The Bertz CT molecular complexity index is 2840. The first-order chi connectivity index (χ1) is 35.0. The van der Waals surface area contributed by atoms with Gasteiger partial charge in [0, 0.05) is 94.2 Å². The second-order valence-electron chi connectivity index (χ2n) is 19.7. The maximum atomic E-state index is 14.7. The zero-order chi connectivity index (χ0) is 52.5. The molecule has 0 aliphatic heterocycles. The molecule has 7 rings (SSSR count). The van der Waals surface area contributed by atoms with E-state index in [0.29, 0.717) is 63.4 Å². The number of benzene rings is 3. The number of nitrogens with zero attached hydrogens (tertiary/aromatic N) is 4. The number of aryl methyl sites for hydroxylation is 1. The Labute approximate surface area is 438 Å². The molecular weight excluding hydrogens is 971 g/mol. The van der Waals surface area contributed by atoms with Gasteiger partial charge in [-0.05, 0) is 155 Å². The summed E-state index contributed by atoms with van der Waals surface area (Å²) in [7, 11) is 6.29. The van der Waals surface area contributed by atoms with E-state index in [1.807, 2.05) is 51.2 Å². The van der Waals surface area contributed by atoms with Crippen LogP contribution in [0, 0.1) is 26.7 Å². The van der Waals surface area contributed by atoms with E-state index in [0.717, 1.165) is 86.5 Å². The van der Waals surface area contributed by atoms with Crippen molar-refractivity contribution < 1.29 is 23.5 Å². The van der Waals surface area contributed by atoms with Crippen LogP contribution in [0.1, 0.15) is 114 Å². The van der Waals surface area contributed by atoms with Crippen molar-refractivity contribution in [2.75, 3.05) is 57.2 Å². The fourth-order valence-corrected chi connectivity index (χ4v) is 11.1. The van der Waals surface area contributed by atoms with Gasteiger partial charge in [-0.1, -0.05) is 41.4 Å². The van der Waals surface area contributed by atoms with Gasteiger partial charge in [0.25, 0.3) is 11.8 Å². The van der Waals surface area contributed by atoms with Crippen molar-refractivity contribution in [1.29, 1.82) is 0 Å². The number of ether oxygens (including phenoxy) is 2. The van der Waals surface area contributed by atoms with Crippen LogP contribution in [0.15, 0.2) is 76.3 Å². The zero-order valence-corrected chi connectivity index (χ0v) is 44.9. The van der Waals surface area contributed by atoms with Gasteiger partial charge in [-0.3, -0.25) is 19.2 Å². The van der Waals surface area contributed by atoms with Crippen LogP contribution in [0.2, 0.25) is 10.0 Å². The number of aromatic amines is 2. The molecule has 2 fully saturated rings. The van der Waals surface area contributed by atoms with Crippen LogP contribution in [0.4, 0.5) is 15.8 Å². The van der Waals surface area contributed by atoms with Crippen molar-refractivity contribution in [2.45, 2.75) is 123 Å². The van der Waals surface area contributed by atoms with Crippen LogP contribution in [0.5, 0.6) is 17.5 Å². The van der Waals surface area contributed by atoms with E-state index in [4.69, 9.17) is 32.7 Å². The van der Waals surface area contributed by atoms with Crippen molar-refractivity contribution in [1.82, 2.24) is 30.4 Å². The molecule has 0 unspecified atom stereocenters. The van der Waals surface area contributed by atoms with Gasteiger partial charge >= 0.3 is 0 Å². The molecule has 2 saturated carbocycles. The summed E-state index contributed by atoms with van der Waals surface area (Å²) in [5, 5.41) is 6.70. The molecular formula is C56H71Cl2FN8O6. The molecule has 0 spiro atoms. The Morgan fingerprint density at radius 1 is 0.658 bits per heavy atom. The standard InChI is InChI=1S/C56H71Cl2FN8O6/c1-9-66(41-20-16-39(17-21-41)64(6)7)48-29-37(57)27-44(35(48)4)53(70)60-32-46-51(69)31-52(59)63-55(46)72-25-24-65(8)40-18-22-42(23-19-40)67(10-2)49-30-38(58)28-45(36(49)5)54(71)61-33-47-50(68)26-34(3)62-56(47)73-43-14-12-11-13-15-43/h11-15,26-31,39-42H,9-10,16-25,32-33H2,1-8H3,(H,60,70)(H,61,71)(H,62,68)(H,63,69). The van der Waals surface area contributed by atoms with E-state index < -0.39 is 17.3 Å². The molecule has 0 radical (unpaired) electrons. The number of carbonyl (C=O) groups is 2. The van der Waals surface area contributed by atoms with Crippen molar-refractivity contribution >= 4 is 46.4 Å². The number of pyridine rings is 2.